The van der Waals surface area contributed by atoms with E-state index in [0.29, 0.717) is 0 Å². The molecule has 3 rings (SSSR count). The van der Waals surface area contributed by atoms with Gasteiger partial charge in [-0.2, -0.15) is 0 Å². The lowest BCUT2D eigenvalue weighted by Gasteiger charge is -2.29. The second kappa shape index (κ2) is 6.32. The lowest BCUT2D eigenvalue weighted by Crippen LogP contribution is -2.33. The number of nitrogens with zero attached hydrogens (tertiary/aromatic N) is 1. The molecule has 0 saturated heterocycles. The second-order valence-corrected chi connectivity index (χ2v) is 5.84. The van der Waals surface area contributed by atoms with Crippen LogP contribution >= 0.6 is 0 Å². The minimum atomic E-state index is 0.130. The number of hydrogen-bond acceptors (Lipinski definition) is 2. The van der Waals surface area contributed by atoms with Crippen LogP contribution in [0.15, 0.2) is 42.5 Å². The fourth-order valence-electron chi connectivity index (χ4n) is 3.12. The fraction of sp³-hybridized carbons (Fsp3) is 0.316. The van der Waals surface area contributed by atoms with Crippen molar-refractivity contribution < 1.29 is 4.79 Å². The van der Waals surface area contributed by atoms with Crippen LogP contribution in [-0.2, 0) is 17.8 Å². The lowest BCUT2D eigenvalue weighted by atomic mass is 9.95. The van der Waals surface area contributed by atoms with Crippen molar-refractivity contribution in [3.8, 4) is 11.1 Å². The predicted molar refractivity (Wildman–Crippen MR) is 91.0 cm³/mol. The molecule has 1 heterocycles. The first kappa shape index (κ1) is 14.8. The first-order valence-electron chi connectivity index (χ1n) is 7.84. The molecule has 0 atom stereocenters. The van der Waals surface area contributed by atoms with E-state index in [1.807, 2.05) is 11.9 Å². The number of carbonyl (C=O) groups is 1. The Labute approximate surface area is 132 Å². The summed E-state index contributed by atoms with van der Waals surface area (Å²) < 4.78 is 0. The minimum absolute atomic E-state index is 0.130. The summed E-state index contributed by atoms with van der Waals surface area (Å²) in [6.07, 6.45) is 2.09. The SMILES string of the molecule is CNCc1ccc(-c2ccc3c(c2)CCCN3C(C)=O)cc1. The summed E-state index contributed by atoms with van der Waals surface area (Å²) in [6.45, 7) is 3.36. The minimum Gasteiger partial charge on any atom is -0.316 e. The van der Waals surface area contributed by atoms with Gasteiger partial charge in [0.2, 0.25) is 5.91 Å². The molecule has 0 saturated carbocycles. The van der Waals surface area contributed by atoms with E-state index < -0.39 is 0 Å². The Bertz CT molecular complexity index is 676. The van der Waals surface area contributed by atoms with E-state index in [1.54, 1.807) is 6.92 Å². The molecular weight excluding hydrogens is 272 g/mol. The van der Waals surface area contributed by atoms with Gasteiger partial charge in [0.25, 0.3) is 0 Å². The third kappa shape index (κ3) is 2.90. The molecule has 114 valence electrons. The molecule has 1 aliphatic heterocycles. The van der Waals surface area contributed by atoms with E-state index in [2.05, 4.69) is 47.8 Å². The summed E-state index contributed by atoms with van der Waals surface area (Å²) in [7, 11) is 1.96. The molecule has 1 N–H and O–H groups in total. The van der Waals surface area contributed by atoms with Crippen LogP contribution in [0.2, 0.25) is 0 Å². The van der Waals surface area contributed by atoms with E-state index in [0.717, 1.165) is 31.6 Å². The van der Waals surface area contributed by atoms with Crippen molar-refractivity contribution >= 4 is 11.6 Å². The monoisotopic (exact) mass is 294 g/mol. The standard InChI is InChI=1S/C19H22N2O/c1-14(22)21-11-3-4-18-12-17(9-10-19(18)21)16-7-5-15(6-8-16)13-20-2/h5-10,12,20H,3-4,11,13H2,1-2H3. The number of rotatable bonds is 3. The van der Waals surface area contributed by atoms with Crippen LogP contribution in [-0.4, -0.2) is 19.5 Å². The van der Waals surface area contributed by atoms with Gasteiger partial charge in [-0.15, -0.1) is 0 Å². The molecule has 3 heteroatoms. The van der Waals surface area contributed by atoms with Crippen LogP contribution in [0.25, 0.3) is 11.1 Å². The van der Waals surface area contributed by atoms with Crippen molar-refractivity contribution in [2.24, 2.45) is 0 Å². The Balaban J connectivity index is 1.91. The van der Waals surface area contributed by atoms with Crippen LogP contribution in [0.1, 0.15) is 24.5 Å². The number of benzene rings is 2. The number of carbonyl (C=O) groups excluding carboxylic acids is 1. The average Bonchev–Trinajstić information content (AvgIpc) is 2.54. The Morgan fingerprint density at radius 3 is 2.55 bits per heavy atom. The number of amides is 1. The zero-order chi connectivity index (χ0) is 15.5. The number of fused-ring (bicyclic) bond motifs is 1. The quantitative estimate of drug-likeness (QED) is 0.941. The van der Waals surface area contributed by atoms with Gasteiger partial charge >= 0.3 is 0 Å². The van der Waals surface area contributed by atoms with E-state index in [1.165, 1.54) is 22.3 Å². The highest BCUT2D eigenvalue weighted by molar-refractivity contribution is 5.93. The summed E-state index contributed by atoms with van der Waals surface area (Å²) in [6, 6.07) is 15.1. The van der Waals surface area contributed by atoms with Gasteiger partial charge in [0, 0.05) is 25.7 Å². The summed E-state index contributed by atoms with van der Waals surface area (Å²) in [5, 5.41) is 3.16. The molecule has 0 spiro atoms. The first-order valence-corrected chi connectivity index (χ1v) is 7.84. The van der Waals surface area contributed by atoms with Crippen molar-refractivity contribution in [2.45, 2.75) is 26.3 Å². The van der Waals surface area contributed by atoms with Crippen molar-refractivity contribution in [3.05, 3.63) is 53.6 Å². The zero-order valence-corrected chi connectivity index (χ0v) is 13.2. The molecule has 22 heavy (non-hydrogen) atoms. The number of anilines is 1. The molecule has 0 unspecified atom stereocenters. The molecule has 2 aromatic carbocycles. The van der Waals surface area contributed by atoms with Crippen molar-refractivity contribution in [1.82, 2.24) is 5.32 Å². The largest absolute Gasteiger partial charge is 0.316 e. The third-order valence-corrected chi connectivity index (χ3v) is 4.25. The molecule has 0 aromatic heterocycles. The summed E-state index contributed by atoms with van der Waals surface area (Å²) in [5.74, 6) is 0.130. The number of nitrogens with one attached hydrogen (secondary N) is 1. The van der Waals surface area contributed by atoms with Gasteiger partial charge in [-0.05, 0) is 54.3 Å². The smallest absolute Gasteiger partial charge is 0.223 e. The van der Waals surface area contributed by atoms with Crippen LogP contribution < -0.4 is 10.2 Å². The molecular formula is C19H22N2O. The van der Waals surface area contributed by atoms with Crippen molar-refractivity contribution in [3.63, 3.8) is 0 Å². The molecule has 0 radical (unpaired) electrons. The van der Waals surface area contributed by atoms with Crippen LogP contribution in [0.5, 0.6) is 0 Å². The van der Waals surface area contributed by atoms with E-state index in [9.17, 15) is 4.79 Å². The van der Waals surface area contributed by atoms with E-state index in [4.69, 9.17) is 0 Å². The molecule has 0 bridgehead atoms. The summed E-state index contributed by atoms with van der Waals surface area (Å²) in [4.78, 5) is 13.6. The topological polar surface area (TPSA) is 32.3 Å². The Morgan fingerprint density at radius 1 is 1.14 bits per heavy atom. The van der Waals surface area contributed by atoms with Crippen LogP contribution in [0.3, 0.4) is 0 Å². The molecule has 0 fully saturated rings. The van der Waals surface area contributed by atoms with Gasteiger partial charge in [0.05, 0.1) is 0 Å². The predicted octanol–water partition coefficient (Wildman–Crippen LogP) is 3.37. The lowest BCUT2D eigenvalue weighted by molar-refractivity contribution is -0.116. The second-order valence-electron chi connectivity index (χ2n) is 5.84. The van der Waals surface area contributed by atoms with E-state index >= 15 is 0 Å². The van der Waals surface area contributed by atoms with Gasteiger partial charge in [-0.25, -0.2) is 0 Å². The first-order chi connectivity index (χ1) is 10.7. The van der Waals surface area contributed by atoms with Gasteiger partial charge in [0.1, 0.15) is 0 Å². The average molecular weight is 294 g/mol. The maximum Gasteiger partial charge on any atom is 0.223 e. The van der Waals surface area contributed by atoms with Crippen LogP contribution in [0, 0.1) is 0 Å². The Morgan fingerprint density at radius 2 is 1.86 bits per heavy atom. The van der Waals surface area contributed by atoms with Crippen molar-refractivity contribution in [1.29, 1.82) is 0 Å². The highest BCUT2D eigenvalue weighted by atomic mass is 16.2. The number of hydrogen-bond donors (Lipinski definition) is 1. The van der Waals surface area contributed by atoms with Crippen LogP contribution in [0.4, 0.5) is 5.69 Å². The van der Waals surface area contributed by atoms with E-state index in [-0.39, 0.29) is 5.91 Å². The molecule has 3 nitrogen and oxygen atoms in total. The van der Waals surface area contributed by atoms with Gasteiger partial charge in [-0.1, -0.05) is 30.3 Å². The summed E-state index contributed by atoms with van der Waals surface area (Å²) >= 11 is 0. The van der Waals surface area contributed by atoms with Gasteiger partial charge in [-0.3, -0.25) is 4.79 Å². The molecule has 0 aliphatic carbocycles. The zero-order valence-electron chi connectivity index (χ0n) is 13.2. The normalized spacial score (nSPS) is 13.8. The number of aryl methyl sites for hydroxylation is 1. The van der Waals surface area contributed by atoms with Crippen molar-refractivity contribution in [2.75, 3.05) is 18.5 Å². The third-order valence-electron chi connectivity index (χ3n) is 4.25. The Kier molecular flexibility index (Phi) is 4.25. The molecule has 1 amide bonds. The maximum absolute atomic E-state index is 11.7. The van der Waals surface area contributed by atoms with Gasteiger partial charge < -0.3 is 10.2 Å². The fourth-order valence-corrected chi connectivity index (χ4v) is 3.12. The molecule has 1 aliphatic rings. The highest BCUT2D eigenvalue weighted by Crippen LogP contribution is 2.31. The highest BCUT2D eigenvalue weighted by Gasteiger charge is 2.20. The maximum atomic E-state index is 11.7. The Hall–Kier alpha value is -2.13. The molecule has 2 aromatic rings. The van der Waals surface area contributed by atoms with Gasteiger partial charge in [0.15, 0.2) is 0 Å². The summed E-state index contributed by atoms with van der Waals surface area (Å²) in [5.41, 5.74) is 6.09.